The molecule has 4 aromatic rings. The van der Waals surface area contributed by atoms with Gasteiger partial charge in [0.2, 0.25) is 0 Å². The van der Waals surface area contributed by atoms with Crippen LogP contribution in [0.2, 0.25) is 0 Å². The summed E-state index contributed by atoms with van der Waals surface area (Å²) in [5, 5.41) is 5.78. The SMILES string of the molecule is C(=C\C1CC1)/c1csc2c(NCCCc3ccccc3)nc(-c3ccncc3)nc12. The predicted molar refractivity (Wildman–Crippen MR) is 126 cm³/mol. The van der Waals surface area contributed by atoms with Crippen LogP contribution in [0, 0.1) is 5.92 Å². The van der Waals surface area contributed by atoms with Gasteiger partial charge in [0.15, 0.2) is 5.82 Å². The van der Waals surface area contributed by atoms with Crippen molar-refractivity contribution in [3.05, 3.63) is 77.4 Å². The van der Waals surface area contributed by atoms with E-state index in [0.717, 1.165) is 52.7 Å². The minimum Gasteiger partial charge on any atom is -0.369 e. The lowest BCUT2D eigenvalue weighted by Crippen LogP contribution is -2.06. The highest BCUT2D eigenvalue weighted by Crippen LogP contribution is 2.35. The van der Waals surface area contributed by atoms with Crippen molar-refractivity contribution in [2.45, 2.75) is 25.7 Å². The zero-order valence-corrected chi connectivity index (χ0v) is 17.6. The van der Waals surface area contributed by atoms with Gasteiger partial charge in [0.25, 0.3) is 0 Å². The van der Waals surface area contributed by atoms with Crippen LogP contribution in [0.5, 0.6) is 0 Å². The van der Waals surface area contributed by atoms with Crippen LogP contribution in [-0.2, 0) is 6.42 Å². The van der Waals surface area contributed by atoms with E-state index < -0.39 is 0 Å². The highest BCUT2D eigenvalue weighted by molar-refractivity contribution is 7.18. The molecule has 0 atom stereocenters. The molecule has 1 saturated carbocycles. The first kappa shape index (κ1) is 18.9. The highest BCUT2D eigenvalue weighted by atomic mass is 32.1. The number of benzene rings is 1. The largest absolute Gasteiger partial charge is 0.369 e. The Bertz CT molecular complexity index is 1150. The van der Waals surface area contributed by atoms with Crippen LogP contribution in [0.25, 0.3) is 27.7 Å². The second-order valence-electron chi connectivity index (χ2n) is 7.71. The molecule has 3 heterocycles. The Hall–Kier alpha value is -3.05. The quantitative estimate of drug-likeness (QED) is 0.349. The summed E-state index contributed by atoms with van der Waals surface area (Å²) in [6, 6.07) is 14.6. The topological polar surface area (TPSA) is 50.7 Å². The van der Waals surface area contributed by atoms with Crippen molar-refractivity contribution < 1.29 is 0 Å². The molecule has 0 unspecified atom stereocenters. The normalized spacial score (nSPS) is 13.9. The summed E-state index contributed by atoms with van der Waals surface area (Å²) in [6.45, 7) is 0.877. The maximum Gasteiger partial charge on any atom is 0.162 e. The Morgan fingerprint density at radius 3 is 2.67 bits per heavy atom. The molecule has 1 fully saturated rings. The Morgan fingerprint density at radius 1 is 1.03 bits per heavy atom. The molecule has 1 N–H and O–H groups in total. The fourth-order valence-corrected chi connectivity index (χ4v) is 4.42. The lowest BCUT2D eigenvalue weighted by Gasteiger charge is -2.09. The van der Waals surface area contributed by atoms with Crippen molar-refractivity contribution in [1.82, 2.24) is 15.0 Å². The van der Waals surface area contributed by atoms with Gasteiger partial charge in [-0.3, -0.25) is 4.98 Å². The van der Waals surface area contributed by atoms with Gasteiger partial charge in [-0.05, 0) is 49.3 Å². The number of nitrogens with zero attached hydrogens (tertiary/aromatic N) is 3. The summed E-state index contributed by atoms with van der Waals surface area (Å²) in [4.78, 5) is 13.9. The number of anilines is 1. The number of pyridine rings is 1. The van der Waals surface area contributed by atoms with Crippen molar-refractivity contribution in [2.75, 3.05) is 11.9 Å². The van der Waals surface area contributed by atoms with E-state index in [-0.39, 0.29) is 0 Å². The molecule has 0 saturated heterocycles. The van der Waals surface area contributed by atoms with Crippen LogP contribution in [0.3, 0.4) is 0 Å². The number of aromatic nitrogens is 3. The number of hydrogen-bond donors (Lipinski definition) is 1. The number of nitrogens with one attached hydrogen (secondary N) is 1. The molecule has 5 rings (SSSR count). The molecular weight excluding hydrogens is 388 g/mol. The molecule has 4 nitrogen and oxygen atoms in total. The van der Waals surface area contributed by atoms with Gasteiger partial charge in [-0.2, -0.15) is 0 Å². The summed E-state index contributed by atoms with van der Waals surface area (Å²) < 4.78 is 1.13. The van der Waals surface area contributed by atoms with E-state index in [1.54, 1.807) is 23.7 Å². The van der Waals surface area contributed by atoms with Crippen LogP contribution >= 0.6 is 11.3 Å². The van der Waals surface area contributed by atoms with Crippen molar-refractivity contribution in [2.24, 2.45) is 5.92 Å². The molecule has 3 aromatic heterocycles. The number of fused-ring (bicyclic) bond motifs is 1. The number of aryl methyl sites for hydroxylation is 1. The third-order valence-electron chi connectivity index (χ3n) is 5.33. The summed E-state index contributed by atoms with van der Waals surface area (Å²) >= 11 is 1.72. The summed E-state index contributed by atoms with van der Waals surface area (Å²) in [6.07, 6.45) is 12.9. The number of thiophene rings is 1. The fraction of sp³-hybridized carbons (Fsp3) is 0.240. The Balaban J connectivity index is 1.41. The molecular formula is C25H24N4S. The lowest BCUT2D eigenvalue weighted by atomic mass is 10.1. The van der Waals surface area contributed by atoms with Crippen molar-refractivity contribution in [1.29, 1.82) is 0 Å². The van der Waals surface area contributed by atoms with E-state index in [1.165, 1.54) is 24.0 Å². The maximum absolute atomic E-state index is 4.92. The molecule has 0 radical (unpaired) electrons. The van der Waals surface area contributed by atoms with Gasteiger partial charge in [-0.25, -0.2) is 9.97 Å². The van der Waals surface area contributed by atoms with Gasteiger partial charge in [-0.15, -0.1) is 11.3 Å². The van der Waals surface area contributed by atoms with E-state index in [4.69, 9.17) is 9.97 Å². The van der Waals surface area contributed by atoms with Gasteiger partial charge >= 0.3 is 0 Å². The van der Waals surface area contributed by atoms with E-state index >= 15 is 0 Å². The molecule has 0 aliphatic heterocycles. The van der Waals surface area contributed by atoms with E-state index in [2.05, 4.69) is 58.2 Å². The second kappa shape index (κ2) is 8.76. The van der Waals surface area contributed by atoms with E-state index in [9.17, 15) is 0 Å². The molecule has 0 amide bonds. The van der Waals surface area contributed by atoms with Gasteiger partial charge in [0, 0.05) is 35.4 Å². The van der Waals surface area contributed by atoms with Crippen LogP contribution in [-0.4, -0.2) is 21.5 Å². The van der Waals surface area contributed by atoms with Crippen LogP contribution in [0.15, 0.2) is 66.3 Å². The molecule has 0 spiro atoms. The number of hydrogen-bond acceptors (Lipinski definition) is 5. The average Bonchev–Trinajstić information content (AvgIpc) is 3.54. The van der Waals surface area contributed by atoms with Gasteiger partial charge in [0.1, 0.15) is 5.82 Å². The molecule has 1 aliphatic carbocycles. The third-order valence-corrected chi connectivity index (χ3v) is 6.32. The van der Waals surface area contributed by atoms with Crippen LogP contribution in [0.1, 0.15) is 30.4 Å². The van der Waals surface area contributed by atoms with Crippen molar-refractivity contribution >= 4 is 33.4 Å². The predicted octanol–water partition coefficient (Wildman–Crippen LogP) is 6.22. The third kappa shape index (κ3) is 4.41. The smallest absolute Gasteiger partial charge is 0.162 e. The van der Waals surface area contributed by atoms with Gasteiger partial charge < -0.3 is 5.32 Å². The summed E-state index contributed by atoms with van der Waals surface area (Å²) in [5.74, 6) is 2.42. The molecule has 1 aliphatic rings. The Kier molecular flexibility index (Phi) is 5.53. The lowest BCUT2D eigenvalue weighted by molar-refractivity contribution is 0.860. The molecule has 0 bridgehead atoms. The monoisotopic (exact) mass is 412 g/mol. The second-order valence-corrected chi connectivity index (χ2v) is 8.59. The van der Waals surface area contributed by atoms with Gasteiger partial charge in [0.05, 0.1) is 10.2 Å². The summed E-state index contributed by atoms with van der Waals surface area (Å²) in [7, 11) is 0. The zero-order chi connectivity index (χ0) is 20.2. The maximum atomic E-state index is 4.92. The molecule has 30 heavy (non-hydrogen) atoms. The first-order valence-corrected chi connectivity index (χ1v) is 11.4. The minimum absolute atomic E-state index is 0.745. The first-order valence-electron chi connectivity index (χ1n) is 10.5. The number of rotatable bonds is 8. The molecule has 5 heteroatoms. The Morgan fingerprint density at radius 2 is 1.87 bits per heavy atom. The standard InChI is InChI=1S/C25H24N4S/c1-2-5-18(6-3-1)7-4-14-27-25-23-22(21(17-30-23)11-10-19-8-9-19)28-24(29-25)20-12-15-26-16-13-20/h1-3,5-6,10-13,15-17,19H,4,7-9,14H2,(H,27,28,29)/b11-10+. The van der Waals surface area contributed by atoms with E-state index in [1.807, 2.05) is 12.1 Å². The Labute approximate surface area is 180 Å². The fourth-order valence-electron chi connectivity index (χ4n) is 3.48. The number of allylic oxidation sites excluding steroid dienone is 1. The molecule has 150 valence electrons. The van der Waals surface area contributed by atoms with Crippen LogP contribution in [0.4, 0.5) is 5.82 Å². The van der Waals surface area contributed by atoms with E-state index in [0.29, 0.717) is 0 Å². The summed E-state index contributed by atoms with van der Waals surface area (Å²) in [5.41, 5.74) is 4.58. The average molecular weight is 413 g/mol. The molecule has 1 aromatic carbocycles. The zero-order valence-electron chi connectivity index (χ0n) is 16.8. The van der Waals surface area contributed by atoms with Crippen molar-refractivity contribution in [3.63, 3.8) is 0 Å². The first-order chi connectivity index (χ1) is 14.9. The van der Waals surface area contributed by atoms with Crippen LogP contribution < -0.4 is 5.32 Å². The highest BCUT2D eigenvalue weighted by Gasteiger charge is 2.18. The minimum atomic E-state index is 0.745. The van der Waals surface area contributed by atoms with Crippen molar-refractivity contribution in [3.8, 4) is 11.4 Å². The van der Waals surface area contributed by atoms with Gasteiger partial charge in [-0.1, -0.05) is 42.5 Å².